The minimum Gasteiger partial charge on any atom is -0.422 e. The third-order valence-electron chi connectivity index (χ3n) is 5.41. The Labute approximate surface area is 161 Å². The summed E-state index contributed by atoms with van der Waals surface area (Å²) in [5.74, 6) is -4.10. The van der Waals surface area contributed by atoms with Crippen LogP contribution in [0.25, 0.3) is 0 Å². The van der Waals surface area contributed by atoms with Crippen molar-refractivity contribution >= 4 is 29.4 Å². The second kappa shape index (κ2) is 6.00. The quantitative estimate of drug-likeness (QED) is 0.334. The summed E-state index contributed by atoms with van der Waals surface area (Å²) < 4.78 is 16.5. The molecule has 0 aromatic heterocycles. The van der Waals surface area contributed by atoms with Crippen molar-refractivity contribution in [2.45, 2.75) is 38.3 Å². The number of carbonyl (C=O) groups is 4. The lowest BCUT2D eigenvalue weighted by molar-refractivity contribution is -0.231. The van der Waals surface area contributed by atoms with Crippen LogP contribution in [0.5, 0.6) is 0 Å². The molecular weight excluding hydrogens is 366 g/mol. The Balaban J connectivity index is 1.80. The van der Waals surface area contributed by atoms with E-state index in [-0.39, 0.29) is 0 Å². The van der Waals surface area contributed by atoms with Crippen molar-refractivity contribution in [1.82, 2.24) is 0 Å². The molecule has 2 fully saturated rings. The average Bonchev–Trinajstić information content (AvgIpc) is 3.20. The first-order chi connectivity index (χ1) is 13.2. The molecule has 0 aliphatic carbocycles. The number of rotatable bonds is 4. The molecule has 2 saturated heterocycles. The summed E-state index contributed by atoms with van der Waals surface area (Å²) in [5.41, 5.74) is -2.20. The van der Waals surface area contributed by atoms with E-state index in [1.165, 1.54) is 0 Å². The molecular formula is C20H19NO7. The molecule has 3 aliphatic heterocycles. The van der Waals surface area contributed by atoms with E-state index in [0.717, 1.165) is 18.7 Å². The number of para-hydroxylation sites is 1. The van der Waals surface area contributed by atoms with Gasteiger partial charge >= 0.3 is 11.9 Å². The zero-order chi connectivity index (χ0) is 20.3. The highest BCUT2D eigenvalue weighted by atomic mass is 16.7. The largest absolute Gasteiger partial charge is 0.422 e. The van der Waals surface area contributed by atoms with E-state index in [9.17, 15) is 19.2 Å². The monoisotopic (exact) mass is 385 g/mol. The van der Waals surface area contributed by atoms with Crippen LogP contribution >= 0.6 is 0 Å². The lowest BCUT2D eigenvalue weighted by atomic mass is 9.72. The van der Waals surface area contributed by atoms with Gasteiger partial charge in [0.25, 0.3) is 6.29 Å². The molecule has 4 rings (SSSR count). The Morgan fingerprint density at radius 1 is 1.00 bits per heavy atom. The van der Waals surface area contributed by atoms with Crippen molar-refractivity contribution < 1.29 is 33.4 Å². The Morgan fingerprint density at radius 3 is 2.14 bits per heavy atom. The van der Waals surface area contributed by atoms with Gasteiger partial charge in [0, 0.05) is 13.8 Å². The SMILES string of the molecule is CC(=O)OC(OC(C)=O)[C@]12C=C[C@@](C)(O1)[C@H]1C(=O)N(c3ccccc3)C(=O)[C@@H]12. The van der Waals surface area contributed by atoms with Gasteiger partial charge in [0.2, 0.25) is 11.8 Å². The smallest absolute Gasteiger partial charge is 0.305 e. The number of imide groups is 1. The molecule has 1 aromatic carbocycles. The summed E-state index contributed by atoms with van der Waals surface area (Å²) in [6.07, 6.45) is 1.74. The number of hydrogen-bond donors (Lipinski definition) is 0. The van der Waals surface area contributed by atoms with Crippen molar-refractivity contribution in [2.75, 3.05) is 4.90 Å². The molecule has 3 heterocycles. The van der Waals surface area contributed by atoms with Crippen LogP contribution in [0, 0.1) is 11.8 Å². The number of fused-ring (bicyclic) bond motifs is 5. The highest BCUT2D eigenvalue weighted by Crippen LogP contribution is 2.59. The normalized spacial score (nSPS) is 32.8. The number of anilines is 1. The third kappa shape index (κ3) is 2.41. The molecule has 0 spiro atoms. The maximum absolute atomic E-state index is 13.3. The van der Waals surface area contributed by atoms with Gasteiger partial charge in [-0.25, -0.2) is 4.90 Å². The second-order valence-corrected chi connectivity index (χ2v) is 7.33. The molecule has 0 N–H and O–H groups in total. The number of ether oxygens (including phenoxy) is 3. The van der Waals surface area contributed by atoms with Crippen LogP contribution in [0.4, 0.5) is 5.69 Å². The molecule has 2 amide bonds. The number of amides is 2. The average molecular weight is 385 g/mol. The van der Waals surface area contributed by atoms with Crippen molar-refractivity contribution in [3.8, 4) is 0 Å². The molecule has 3 aliphatic rings. The first-order valence-corrected chi connectivity index (χ1v) is 8.87. The van der Waals surface area contributed by atoms with E-state index in [1.54, 1.807) is 49.4 Å². The van der Waals surface area contributed by atoms with Crippen LogP contribution in [-0.2, 0) is 33.4 Å². The maximum atomic E-state index is 13.3. The minimum absolute atomic E-state index is 0.403. The summed E-state index contributed by atoms with van der Waals surface area (Å²) in [4.78, 5) is 50.8. The molecule has 1 aromatic rings. The first-order valence-electron chi connectivity index (χ1n) is 8.87. The Morgan fingerprint density at radius 2 is 1.57 bits per heavy atom. The second-order valence-electron chi connectivity index (χ2n) is 7.33. The lowest BCUT2D eigenvalue weighted by Gasteiger charge is -2.34. The predicted octanol–water partition coefficient (Wildman–Crippen LogP) is 1.34. The summed E-state index contributed by atoms with van der Waals surface area (Å²) in [6, 6.07) is 8.57. The highest BCUT2D eigenvalue weighted by Gasteiger charge is 2.75. The predicted molar refractivity (Wildman–Crippen MR) is 94.6 cm³/mol. The molecule has 8 heteroatoms. The van der Waals surface area contributed by atoms with E-state index >= 15 is 0 Å². The molecule has 0 radical (unpaired) electrons. The molecule has 0 saturated carbocycles. The first kappa shape index (κ1) is 18.4. The zero-order valence-corrected chi connectivity index (χ0v) is 15.6. The molecule has 8 nitrogen and oxygen atoms in total. The topological polar surface area (TPSA) is 99.2 Å². The summed E-state index contributed by atoms with van der Waals surface area (Å²) in [7, 11) is 0. The number of nitrogens with zero attached hydrogens (tertiary/aromatic N) is 1. The third-order valence-corrected chi connectivity index (χ3v) is 5.41. The number of benzene rings is 1. The summed E-state index contributed by atoms with van der Waals surface area (Å²) in [6.45, 7) is 4.01. The van der Waals surface area contributed by atoms with Gasteiger partial charge in [-0.3, -0.25) is 19.2 Å². The minimum atomic E-state index is -1.56. The Bertz CT molecular complexity index is 894. The molecule has 0 unspecified atom stereocenters. The summed E-state index contributed by atoms with van der Waals surface area (Å²) >= 11 is 0. The van der Waals surface area contributed by atoms with Crippen LogP contribution < -0.4 is 4.90 Å². The van der Waals surface area contributed by atoms with E-state index in [4.69, 9.17) is 14.2 Å². The fourth-order valence-electron chi connectivity index (χ4n) is 4.40. The van der Waals surface area contributed by atoms with Gasteiger partial charge in [0.1, 0.15) is 0 Å². The van der Waals surface area contributed by atoms with Crippen LogP contribution in [0.1, 0.15) is 20.8 Å². The fraction of sp³-hybridized carbons (Fsp3) is 0.400. The van der Waals surface area contributed by atoms with Gasteiger partial charge in [-0.05, 0) is 25.1 Å². The number of esters is 2. The highest BCUT2D eigenvalue weighted by molar-refractivity contribution is 6.23. The van der Waals surface area contributed by atoms with E-state index in [2.05, 4.69) is 0 Å². The number of carbonyl (C=O) groups excluding carboxylic acids is 4. The van der Waals surface area contributed by atoms with Crippen LogP contribution in [0.2, 0.25) is 0 Å². The van der Waals surface area contributed by atoms with Crippen molar-refractivity contribution in [3.05, 3.63) is 42.5 Å². The van der Waals surface area contributed by atoms with Crippen LogP contribution in [0.3, 0.4) is 0 Å². The lowest BCUT2D eigenvalue weighted by Crippen LogP contribution is -2.52. The van der Waals surface area contributed by atoms with Crippen molar-refractivity contribution in [1.29, 1.82) is 0 Å². The van der Waals surface area contributed by atoms with Crippen LogP contribution in [0.15, 0.2) is 42.5 Å². The standard InChI is InChI=1S/C20H19NO7/c1-11(22)26-18(27-12(2)23)20-10-9-19(3,28-20)14-15(20)17(25)21(16(14)24)13-7-5-4-6-8-13/h4-10,14-15,18H,1-3H3/t14-,15-,19-,20-/m1/s1. The van der Waals surface area contributed by atoms with Crippen molar-refractivity contribution in [3.63, 3.8) is 0 Å². The van der Waals surface area contributed by atoms with Gasteiger partial charge in [0.05, 0.1) is 23.1 Å². The van der Waals surface area contributed by atoms with Gasteiger partial charge in [-0.1, -0.05) is 24.3 Å². The molecule has 4 atom stereocenters. The zero-order valence-electron chi connectivity index (χ0n) is 15.6. The molecule has 146 valence electrons. The van der Waals surface area contributed by atoms with Crippen molar-refractivity contribution in [2.24, 2.45) is 11.8 Å². The molecule has 28 heavy (non-hydrogen) atoms. The van der Waals surface area contributed by atoms with E-state index in [0.29, 0.717) is 5.69 Å². The van der Waals surface area contributed by atoms with Crippen LogP contribution in [-0.4, -0.2) is 41.2 Å². The van der Waals surface area contributed by atoms with Gasteiger partial charge in [-0.2, -0.15) is 0 Å². The Kier molecular flexibility index (Phi) is 3.94. The summed E-state index contributed by atoms with van der Waals surface area (Å²) in [5, 5.41) is 0. The Hall–Kier alpha value is -3.00. The van der Waals surface area contributed by atoms with Gasteiger partial charge < -0.3 is 14.2 Å². The van der Waals surface area contributed by atoms with E-state index < -0.39 is 53.1 Å². The molecule has 2 bridgehead atoms. The maximum Gasteiger partial charge on any atom is 0.305 e. The number of hydrogen-bond acceptors (Lipinski definition) is 7. The fourth-order valence-corrected chi connectivity index (χ4v) is 4.40. The van der Waals surface area contributed by atoms with Gasteiger partial charge in [-0.15, -0.1) is 0 Å². The van der Waals surface area contributed by atoms with Gasteiger partial charge in [0.15, 0.2) is 5.60 Å². The van der Waals surface area contributed by atoms with E-state index in [1.807, 2.05) is 0 Å².